The van der Waals surface area contributed by atoms with Gasteiger partial charge in [-0.2, -0.15) is 5.10 Å². The molecule has 0 radical (unpaired) electrons. The molecule has 2 rings (SSSR count). The molecule has 2 N–H and O–H groups in total. The van der Waals surface area contributed by atoms with Crippen LogP contribution in [0.5, 0.6) is 5.75 Å². The fourth-order valence-electron chi connectivity index (χ4n) is 2.03. The molecule has 1 heterocycles. The van der Waals surface area contributed by atoms with Gasteiger partial charge in [0.2, 0.25) is 5.91 Å². The number of benzene rings is 1. The van der Waals surface area contributed by atoms with Crippen molar-refractivity contribution in [2.75, 3.05) is 12.4 Å². The number of hydrogen-bond acceptors (Lipinski definition) is 5. The molecule has 0 aliphatic carbocycles. The van der Waals surface area contributed by atoms with Gasteiger partial charge in [-0.05, 0) is 30.0 Å². The number of amides is 1. The second-order valence-corrected chi connectivity index (χ2v) is 7.60. The first-order valence-electron chi connectivity index (χ1n) is 7.85. The number of aromatic amines is 1. The van der Waals surface area contributed by atoms with Gasteiger partial charge in [-0.3, -0.25) is 9.89 Å². The van der Waals surface area contributed by atoms with E-state index < -0.39 is 0 Å². The lowest BCUT2D eigenvalue weighted by molar-refractivity contribution is -0.119. The Morgan fingerprint density at radius 3 is 2.62 bits per heavy atom. The zero-order chi connectivity index (χ0) is 17.6. The molecule has 1 aromatic heterocycles. The van der Waals surface area contributed by atoms with E-state index in [1.165, 1.54) is 23.7 Å². The van der Waals surface area contributed by atoms with Crippen LogP contribution in [-0.4, -0.2) is 39.5 Å². The molecule has 0 aliphatic heterocycles. The molecular weight excluding hydrogens is 324 g/mol. The van der Waals surface area contributed by atoms with Crippen molar-refractivity contribution >= 4 is 17.7 Å². The molecule has 1 atom stereocenters. The Bertz CT molecular complexity index is 636. The van der Waals surface area contributed by atoms with Gasteiger partial charge in [0.15, 0.2) is 5.16 Å². The average molecular weight is 348 g/mol. The second kappa shape index (κ2) is 8.19. The van der Waals surface area contributed by atoms with Gasteiger partial charge in [-0.25, -0.2) is 4.98 Å². The van der Waals surface area contributed by atoms with E-state index in [0.717, 1.165) is 5.75 Å². The zero-order valence-electron chi connectivity index (χ0n) is 14.5. The number of aromatic nitrogens is 3. The van der Waals surface area contributed by atoms with Crippen LogP contribution in [0, 0.1) is 0 Å². The lowest BCUT2D eigenvalue weighted by atomic mass is 9.87. The highest BCUT2D eigenvalue weighted by molar-refractivity contribution is 7.99. The summed E-state index contributed by atoms with van der Waals surface area (Å²) in [4.78, 5) is 15.8. The van der Waals surface area contributed by atoms with Crippen molar-refractivity contribution in [3.63, 3.8) is 0 Å². The van der Waals surface area contributed by atoms with Crippen molar-refractivity contribution in [1.29, 1.82) is 0 Å². The Balaban J connectivity index is 1.72. The number of rotatable bonds is 7. The minimum absolute atomic E-state index is 0.0596. The molecule has 1 amide bonds. The summed E-state index contributed by atoms with van der Waals surface area (Å²) in [7, 11) is 0. The summed E-state index contributed by atoms with van der Waals surface area (Å²) in [5, 5.41) is 9.98. The lowest BCUT2D eigenvalue weighted by Gasteiger charge is -2.19. The van der Waals surface area contributed by atoms with Gasteiger partial charge in [0, 0.05) is 0 Å². The van der Waals surface area contributed by atoms with Gasteiger partial charge in [-0.1, -0.05) is 44.7 Å². The fraction of sp³-hybridized carbons (Fsp3) is 0.471. The maximum absolute atomic E-state index is 11.9. The summed E-state index contributed by atoms with van der Waals surface area (Å²) in [6.07, 6.45) is 1.42. The van der Waals surface area contributed by atoms with E-state index in [2.05, 4.69) is 53.4 Å². The van der Waals surface area contributed by atoms with E-state index >= 15 is 0 Å². The first-order valence-corrected chi connectivity index (χ1v) is 8.84. The standard InChI is InChI=1S/C17H24N4O2S/c1-12(20-15(22)10-24-16-18-11-19-21-16)9-23-14-7-5-13(6-8-14)17(2,3)4/h5-8,11-12H,9-10H2,1-4H3,(H,20,22)(H,18,19,21). The van der Waals surface area contributed by atoms with Crippen molar-refractivity contribution in [1.82, 2.24) is 20.5 Å². The van der Waals surface area contributed by atoms with Gasteiger partial charge in [0.25, 0.3) is 0 Å². The number of carbonyl (C=O) groups is 1. The third-order valence-corrected chi connectivity index (χ3v) is 4.24. The van der Waals surface area contributed by atoms with E-state index in [1.54, 1.807) is 0 Å². The summed E-state index contributed by atoms with van der Waals surface area (Å²) < 4.78 is 5.74. The third kappa shape index (κ3) is 5.88. The van der Waals surface area contributed by atoms with Crippen LogP contribution in [0.15, 0.2) is 35.7 Å². The Morgan fingerprint density at radius 1 is 1.33 bits per heavy atom. The van der Waals surface area contributed by atoms with Gasteiger partial charge in [0.1, 0.15) is 18.7 Å². The molecule has 1 unspecified atom stereocenters. The van der Waals surface area contributed by atoms with Crippen molar-refractivity contribution in [3.8, 4) is 5.75 Å². The molecule has 0 fully saturated rings. The third-order valence-electron chi connectivity index (χ3n) is 3.36. The van der Waals surface area contributed by atoms with Crippen LogP contribution < -0.4 is 10.1 Å². The number of carbonyl (C=O) groups excluding carboxylic acids is 1. The predicted molar refractivity (Wildman–Crippen MR) is 95.3 cm³/mol. The van der Waals surface area contributed by atoms with Gasteiger partial charge >= 0.3 is 0 Å². The molecule has 130 valence electrons. The normalized spacial score (nSPS) is 12.7. The summed E-state index contributed by atoms with van der Waals surface area (Å²) in [5.41, 5.74) is 1.39. The average Bonchev–Trinajstić information content (AvgIpc) is 3.04. The highest BCUT2D eigenvalue weighted by atomic mass is 32.2. The molecule has 0 saturated heterocycles. The van der Waals surface area contributed by atoms with Gasteiger partial charge in [-0.15, -0.1) is 0 Å². The smallest absolute Gasteiger partial charge is 0.230 e. The summed E-state index contributed by atoms with van der Waals surface area (Å²) >= 11 is 1.31. The molecule has 0 aliphatic rings. The molecule has 0 spiro atoms. The van der Waals surface area contributed by atoms with Crippen LogP contribution in [0.1, 0.15) is 33.3 Å². The van der Waals surface area contributed by atoms with Crippen LogP contribution >= 0.6 is 11.8 Å². The van der Waals surface area contributed by atoms with Crippen molar-refractivity contribution in [3.05, 3.63) is 36.2 Å². The second-order valence-electron chi connectivity index (χ2n) is 6.63. The first kappa shape index (κ1) is 18.3. The zero-order valence-corrected chi connectivity index (χ0v) is 15.3. The summed E-state index contributed by atoms with van der Waals surface area (Å²) in [6, 6.07) is 8.01. The number of H-pyrrole nitrogens is 1. The highest BCUT2D eigenvalue weighted by Crippen LogP contribution is 2.24. The van der Waals surface area contributed by atoms with Crippen molar-refractivity contribution in [2.24, 2.45) is 0 Å². The van der Waals surface area contributed by atoms with Gasteiger partial charge in [0.05, 0.1) is 11.8 Å². The van der Waals surface area contributed by atoms with E-state index in [4.69, 9.17) is 4.74 Å². The lowest BCUT2D eigenvalue weighted by Crippen LogP contribution is -2.37. The maximum atomic E-state index is 11.9. The van der Waals surface area contributed by atoms with Crippen molar-refractivity contribution in [2.45, 2.75) is 44.3 Å². The van der Waals surface area contributed by atoms with E-state index in [9.17, 15) is 4.79 Å². The maximum Gasteiger partial charge on any atom is 0.230 e. The molecule has 0 saturated carbocycles. The molecule has 24 heavy (non-hydrogen) atoms. The van der Waals surface area contributed by atoms with Gasteiger partial charge < -0.3 is 10.1 Å². The Morgan fingerprint density at radius 2 is 2.04 bits per heavy atom. The van der Waals surface area contributed by atoms with Crippen LogP contribution in [0.2, 0.25) is 0 Å². The predicted octanol–water partition coefficient (Wildman–Crippen LogP) is 2.78. The molecule has 1 aromatic carbocycles. The van der Waals surface area contributed by atoms with Crippen LogP contribution in [0.4, 0.5) is 0 Å². The SMILES string of the molecule is CC(COc1ccc(C(C)(C)C)cc1)NC(=O)CSc1ncn[nH]1. The van der Waals surface area contributed by atoms with Crippen LogP contribution in [-0.2, 0) is 10.2 Å². The molecule has 7 heteroatoms. The molecule has 0 bridgehead atoms. The number of thioether (sulfide) groups is 1. The molecule has 2 aromatic rings. The number of hydrogen-bond donors (Lipinski definition) is 2. The van der Waals surface area contributed by atoms with E-state index in [0.29, 0.717) is 17.5 Å². The molecular formula is C17H24N4O2S. The Kier molecular flexibility index (Phi) is 6.25. The minimum Gasteiger partial charge on any atom is -0.491 e. The Labute approximate surface area is 146 Å². The topological polar surface area (TPSA) is 79.9 Å². The fourth-order valence-corrected chi connectivity index (χ4v) is 2.62. The number of ether oxygens (including phenoxy) is 1. The largest absolute Gasteiger partial charge is 0.491 e. The number of nitrogens with zero attached hydrogens (tertiary/aromatic N) is 2. The summed E-state index contributed by atoms with van der Waals surface area (Å²) in [6.45, 7) is 8.87. The first-order chi connectivity index (χ1) is 11.3. The summed E-state index contributed by atoms with van der Waals surface area (Å²) in [5.74, 6) is 1.04. The quantitative estimate of drug-likeness (QED) is 0.752. The number of nitrogens with one attached hydrogen (secondary N) is 2. The molecule has 6 nitrogen and oxygen atoms in total. The monoisotopic (exact) mass is 348 g/mol. The van der Waals surface area contributed by atoms with Crippen LogP contribution in [0.25, 0.3) is 0 Å². The van der Waals surface area contributed by atoms with Crippen LogP contribution in [0.3, 0.4) is 0 Å². The minimum atomic E-state index is -0.0740. The Hall–Kier alpha value is -2.02. The highest BCUT2D eigenvalue weighted by Gasteiger charge is 2.13. The van der Waals surface area contributed by atoms with E-state index in [-0.39, 0.29) is 17.4 Å². The van der Waals surface area contributed by atoms with Crippen molar-refractivity contribution < 1.29 is 9.53 Å². The van der Waals surface area contributed by atoms with E-state index in [1.807, 2.05) is 19.1 Å².